The molecule has 1 N–H and O–H groups in total. The Hall–Kier alpha value is -1.54. The number of hydrogen-bond donors (Lipinski definition) is 1. The molecule has 1 saturated heterocycles. The van der Waals surface area contributed by atoms with E-state index >= 15 is 0 Å². The van der Waals surface area contributed by atoms with Crippen LogP contribution in [0.2, 0.25) is 10.0 Å². The largest absolute Gasteiger partial charge is 0.459 e. The lowest BCUT2D eigenvalue weighted by molar-refractivity contribution is 0.0895. The van der Waals surface area contributed by atoms with Crippen LogP contribution in [0, 0.1) is 6.92 Å². The van der Waals surface area contributed by atoms with Gasteiger partial charge in [0.05, 0.1) is 21.2 Å². The molecule has 1 amide bonds. The Morgan fingerprint density at radius 3 is 2.46 bits per heavy atom. The van der Waals surface area contributed by atoms with E-state index in [0.717, 1.165) is 5.56 Å². The van der Waals surface area contributed by atoms with Gasteiger partial charge in [-0.05, 0) is 44.0 Å². The number of nitrogens with one attached hydrogen (secondary N) is 1. The molecule has 3 rings (SSSR count). The molecule has 2 aromatic rings. The zero-order valence-corrected chi connectivity index (χ0v) is 16.4. The van der Waals surface area contributed by atoms with Gasteiger partial charge in [0.2, 0.25) is 10.0 Å². The number of amides is 1. The zero-order valence-electron chi connectivity index (χ0n) is 14.0. The topological polar surface area (TPSA) is 79.6 Å². The summed E-state index contributed by atoms with van der Waals surface area (Å²) >= 11 is 11.8. The van der Waals surface area contributed by atoms with E-state index in [2.05, 4.69) is 5.32 Å². The highest BCUT2D eigenvalue weighted by Crippen LogP contribution is 2.28. The van der Waals surface area contributed by atoms with Crippen molar-refractivity contribution in [2.24, 2.45) is 0 Å². The summed E-state index contributed by atoms with van der Waals surface area (Å²) in [5, 5.41) is 3.40. The maximum absolute atomic E-state index is 12.7. The van der Waals surface area contributed by atoms with Gasteiger partial charge in [-0.25, -0.2) is 8.42 Å². The molecule has 1 aliphatic rings. The number of aryl methyl sites for hydroxylation is 1. The maximum atomic E-state index is 12.7. The monoisotopic (exact) mass is 416 g/mol. The molecule has 26 heavy (non-hydrogen) atoms. The first-order valence-corrected chi connectivity index (χ1v) is 10.3. The van der Waals surface area contributed by atoms with Crippen LogP contribution in [-0.4, -0.2) is 37.8 Å². The van der Waals surface area contributed by atoms with Gasteiger partial charge in [-0.3, -0.25) is 4.79 Å². The number of furan rings is 1. The van der Waals surface area contributed by atoms with Gasteiger partial charge in [0, 0.05) is 24.7 Å². The number of carbonyl (C=O) groups is 1. The van der Waals surface area contributed by atoms with E-state index in [1.54, 1.807) is 13.0 Å². The van der Waals surface area contributed by atoms with Gasteiger partial charge < -0.3 is 9.73 Å². The van der Waals surface area contributed by atoms with Crippen LogP contribution in [0.5, 0.6) is 0 Å². The first kappa shape index (κ1) is 19.2. The van der Waals surface area contributed by atoms with E-state index in [1.807, 2.05) is 0 Å². The minimum atomic E-state index is -3.64. The Labute approximate surface area is 162 Å². The maximum Gasteiger partial charge on any atom is 0.287 e. The molecule has 0 spiro atoms. The summed E-state index contributed by atoms with van der Waals surface area (Å²) in [5.74, 6) is 0.00847. The Balaban J connectivity index is 1.63. The molecular weight excluding hydrogens is 399 g/mol. The van der Waals surface area contributed by atoms with Crippen LogP contribution in [0.15, 0.2) is 39.8 Å². The van der Waals surface area contributed by atoms with Crippen molar-refractivity contribution in [2.45, 2.75) is 30.7 Å². The predicted molar refractivity (Wildman–Crippen MR) is 99.2 cm³/mol. The number of nitrogens with zero attached hydrogens (tertiary/aromatic N) is 1. The highest BCUT2D eigenvalue weighted by Gasteiger charge is 2.30. The fraction of sp³-hybridized carbons (Fsp3) is 0.353. The van der Waals surface area contributed by atoms with Crippen molar-refractivity contribution in [1.29, 1.82) is 0 Å². The van der Waals surface area contributed by atoms with E-state index in [0.29, 0.717) is 31.0 Å². The predicted octanol–water partition coefficient (Wildman–Crippen LogP) is 3.48. The summed E-state index contributed by atoms with van der Waals surface area (Å²) < 4.78 is 32.0. The molecule has 6 nitrogen and oxygen atoms in total. The summed E-state index contributed by atoms with van der Waals surface area (Å²) in [7, 11) is -3.64. The van der Waals surface area contributed by atoms with Gasteiger partial charge in [-0.1, -0.05) is 23.2 Å². The fourth-order valence-corrected chi connectivity index (χ4v) is 4.74. The van der Waals surface area contributed by atoms with Crippen molar-refractivity contribution in [2.75, 3.05) is 13.1 Å². The third kappa shape index (κ3) is 3.91. The molecule has 0 atom stereocenters. The van der Waals surface area contributed by atoms with Crippen molar-refractivity contribution < 1.29 is 17.6 Å². The SMILES string of the molecule is Cc1ccoc1C(=O)NC1CCN(S(=O)(=O)c2ccc(Cl)c(Cl)c2)CC1. The third-order valence-electron chi connectivity index (χ3n) is 4.39. The Kier molecular flexibility index (Phi) is 5.62. The number of carbonyl (C=O) groups excluding carboxylic acids is 1. The molecular formula is C17H18Cl2N2O4S. The van der Waals surface area contributed by atoms with Crippen molar-refractivity contribution in [3.63, 3.8) is 0 Å². The number of sulfonamides is 1. The van der Waals surface area contributed by atoms with Gasteiger partial charge in [0.15, 0.2) is 5.76 Å². The number of piperidine rings is 1. The lowest BCUT2D eigenvalue weighted by Crippen LogP contribution is -2.46. The molecule has 0 unspecified atom stereocenters. The second-order valence-corrected chi connectivity index (χ2v) is 8.91. The Bertz CT molecular complexity index is 919. The van der Waals surface area contributed by atoms with Crippen LogP contribution < -0.4 is 5.32 Å². The van der Waals surface area contributed by atoms with Crippen LogP contribution >= 0.6 is 23.2 Å². The van der Waals surface area contributed by atoms with E-state index in [9.17, 15) is 13.2 Å². The second-order valence-electron chi connectivity index (χ2n) is 6.16. The lowest BCUT2D eigenvalue weighted by atomic mass is 10.1. The quantitative estimate of drug-likeness (QED) is 0.826. The molecule has 1 aliphatic heterocycles. The number of hydrogen-bond acceptors (Lipinski definition) is 4. The Morgan fingerprint density at radius 2 is 1.88 bits per heavy atom. The summed E-state index contributed by atoms with van der Waals surface area (Å²) in [6.07, 6.45) is 2.51. The Morgan fingerprint density at radius 1 is 1.19 bits per heavy atom. The van der Waals surface area contributed by atoms with E-state index in [1.165, 1.54) is 28.8 Å². The fourth-order valence-electron chi connectivity index (χ4n) is 2.88. The van der Waals surface area contributed by atoms with Crippen molar-refractivity contribution in [3.05, 3.63) is 51.9 Å². The van der Waals surface area contributed by atoms with Gasteiger partial charge in [-0.15, -0.1) is 0 Å². The van der Waals surface area contributed by atoms with Crippen molar-refractivity contribution in [1.82, 2.24) is 9.62 Å². The molecule has 1 aromatic carbocycles. The molecule has 0 radical (unpaired) electrons. The number of rotatable bonds is 4. The third-order valence-corrected chi connectivity index (χ3v) is 7.02. The summed E-state index contributed by atoms with van der Waals surface area (Å²) in [5.41, 5.74) is 0.766. The average molecular weight is 417 g/mol. The first-order chi connectivity index (χ1) is 12.3. The van der Waals surface area contributed by atoms with Gasteiger partial charge >= 0.3 is 0 Å². The van der Waals surface area contributed by atoms with Crippen LogP contribution in [-0.2, 0) is 10.0 Å². The standard InChI is InChI=1S/C17H18Cl2N2O4S/c1-11-6-9-25-16(11)17(22)20-12-4-7-21(8-5-12)26(23,24)13-2-3-14(18)15(19)10-13/h2-3,6,9-10,12H,4-5,7-8H2,1H3,(H,20,22). The van der Waals surface area contributed by atoms with E-state index in [-0.39, 0.29) is 27.6 Å². The van der Waals surface area contributed by atoms with Crippen LogP contribution in [0.25, 0.3) is 0 Å². The van der Waals surface area contributed by atoms with Crippen LogP contribution in [0.3, 0.4) is 0 Å². The molecule has 0 bridgehead atoms. The molecule has 0 aliphatic carbocycles. The van der Waals surface area contributed by atoms with Crippen molar-refractivity contribution >= 4 is 39.1 Å². The van der Waals surface area contributed by atoms with Crippen LogP contribution in [0.1, 0.15) is 29.0 Å². The number of benzene rings is 1. The van der Waals surface area contributed by atoms with Gasteiger partial charge in [-0.2, -0.15) is 4.31 Å². The highest BCUT2D eigenvalue weighted by molar-refractivity contribution is 7.89. The molecule has 1 fully saturated rings. The lowest BCUT2D eigenvalue weighted by Gasteiger charge is -2.31. The van der Waals surface area contributed by atoms with Crippen molar-refractivity contribution in [3.8, 4) is 0 Å². The van der Waals surface area contributed by atoms with Crippen LogP contribution in [0.4, 0.5) is 0 Å². The van der Waals surface area contributed by atoms with Gasteiger partial charge in [0.25, 0.3) is 5.91 Å². The summed E-state index contributed by atoms with van der Waals surface area (Å²) in [6, 6.07) is 5.88. The molecule has 1 aromatic heterocycles. The first-order valence-electron chi connectivity index (χ1n) is 8.09. The molecule has 0 saturated carbocycles. The molecule has 2 heterocycles. The molecule has 9 heteroatoms. The zero-order chi connectivity index (χ0) is 18.9. The van der Waals surface area contributed by atoms with E-state index in [4.69, 9.17) is 27.6 Å². The highest BCUT2D eigenvalue weighted by atomic mass is 35.5. The summed E-state index contributed by atoms with van der Waals surface area (Å²) in [4.78, 5) is 12.3. The molecule has 140 valence electrons. The smallest absolute Gasteiger partial charge is 0.287 e. The minimum absolute atomic E-state index is 0.104. The minimum Gasteiger partial charge on any atom is -0.459 e. The average Bonchev–Trinajstić information content (AvgIpc) is 3.04. The summed E-state index contributed by atoms with van der Waals surface area (Å²) in [6.45, 7) is 2.42. The normalized spacial score (nSPS) is 16.6. The van der Waals surface area contributed by atoms with Gasteiger partial charge in [0.1, 0.15) is 0 Å². The van der Waals surface area contributed by atoms with E-state index < -0.39 is 10.0 Å². The second kappa shape index (κ2) is 7.60. The number of halogens is 2.